The van der Waals surface area contributed by atoms with Crippen molar-refractivity contribution in [2.24, 2.45) is 0 Å². The lowest BCUT2D eigenvalue weighted by Gasteiger charge is -2.00. The number of fused-ring (bicyclic) bond motifs is 2. The third-order valence-corrected chi connectivity index (χ3v) is 4.15. The summed E-state index contributed by atoms with van der Waals surface area (Å²) in [5.74, 6) is 1.09. The Labute approximate surface area is 135 Å². The summed E-state index contributed by atoms with van der Waals surface area (Å²) in [6, 6.07) is 3.94. The van der Waals surface area contributed by atoms with Crippen LogP contribution in [0.5, 0.6) is 0 Å². The number of pyridine rings is 2. The molecule has 0 aliphatic rings. The maximum absolute atomic E-state index is 6.03. The first-order valence-electron chi connectivity index (χ1n) is 7.40. The van der Waals surface area contributed by atoms with Gasteiger partial charge >= 0.3 is 0 Å². The van der Waals surface area contributed by atoms with Gasteiger partial charge < -0.3 is 15.1 Å². The molecule has 0 saturated carbocycles. The maximum Gasteiger partial charge on any atom is 0.177 e. The maximum atomic E-state index is 6.03. The predicted molar refractivity (Wildman–Crippen MR) is 91.1 cm³/mol. The van der Waals surface area contributed by atoms with Crippen LogP contribution < -0.4 is 5.73 Å². The molecule has 4 N–H and O–H groups in total. The number of furan rings is 1. The van der Waals surface area contributed by atoms with Gasteiger partial charge in [-0.2, -0.15) is 5.10 Å². The average molecular weight is 316 g/mol. The van der Waals surface area contributed by atoms with Gasteiger partial charge in [0.1, 0.15) is 5.76 Å². The molecular weight excluding hydrogens is 304 g/mol. The second kappa shape index (κ2) is 4.69. The van der Waals surface area contributed by atoms with Crippen molar-refractivity contribution < 1.29 is 4.42 Å². The molecule has 5 heterocycles. The first-order chi connectivity index (χ1) is 11.8. The number of aromatic amines is 2. The lowest BCUT2D eigenvalue weighted by molar-refractivity contribution is 0.632. The topological polar surface area (TPSA) is 109 Å². The van der Waals surface area contributed by atoms with Crippen molar-refractivity contribution in [3.8, 4) is 22.5 Å². The van der Waals surface area contributed by atoms with Crippen LogP contribution in [0.2, 0.25) is 0 Å². The van der Waals surface area contributed by atoms with Crippen molar-refractivity contribution in [3.05, 3.63) is 49.3 Å². The van der Waals surface area contributed by atoms with Crippen LogP contribution in [0.15, 0.2) is 53.7 Å². The van der Waals surface area contributed by atoms with Gasteiger partial charge in [-0.05, 0) is 12.1 Å². The van der Waals surface area contributed by atoms with Gasteiger partial charge in [0.15, 0.2) is 11.4 Å². The minimum Gasteiger partial charge on any atom is -0.452 e. The Hall–Kier alpha value is -3.61. The van der Waals surface area contributed by atoms with E-state index in [0.717, 1.165) is 38.7 Å². The predicted octanol–water partition coefficient (Wildman–Crippen LogP) is 3.34. The number of nitrogens with one attached hydrogen (secondary N) is 2. The molecule has 0 aliphatic heterocycles. The Balaban J connectivity index is 1.79. The summed E-state index contributed by atoms with van der Waals surface area (Å²) >= 11 is 0. The monoisotopic (exact) mass is 316 g/mol. The molecule has 0 aliphatic carbocycles. The van der Waals surface area contributed by atoms with E-state index in [2.05, 4.69) is 25.1 Å². The van der Waals surface area contributed by atoms with Crippen LogP contribution in [0.25, 0.3) is 44.3 Å². The van der Waals surface area contributed by atoms with Crippen molar-refractivity contribution in [2.75, 3.05) is 5.73 Å². The van der Waals surface area contributed by atoms with Crippen molar-refractivity contribution in [1.29, 1.82) is 0 Å². The summed E-state index contributed by atoms with van der Waals surface area (Å²) in [6.45, 7) is 0. The average Bonchev–Trinajstić information content (AvgIpc) is 3.34. The normalized spacial score (nSPS) is 11.5. The van der Waals surface area contributed by atoms with E-state index in [0.29, 0.717) is 11.4 Å². The Kier molecular flexibility index (Phi) is 2.52. The summed E-state index contributed by atoms with van der Waals surface area (Å²) in [5.41, 5.74) is 10.4. The molecule has 0 radical (unpaired) electrons. The zero-order valence-electron chi connectivity index (χ0n) is 12.4. The molecule has 0 fully saturated rings. The highest BCUT2D eigenvalue weighted by Crippen LogP contribution is 2.38. The van der Waals surface area contributed by atoms with E-state index in [1.165, 1.54) is 0 Å². The van der Waals surface area contributed by atoms with Crippen LogP contribution in [0.4, 0.5) is 5.82 Å². The summed E-state index contributed by atoms with van der Waals surface area (Å²) in [4.78, 5) is 11.6. The Morgan fingerprint density at radius 1 is 1.04 bits per heavy atom. The number of anilines is 1. The highest BCUT2D eigenvalue weighted by atomic mass is 16.3. The van der Waals surface area contributed by atoms with Gasteiger partial charge in [-0.3, -0.25) is 10.1 Å². The van der Waals surface area contributed by atoms with E-state index >= 15 is 0 Å². The molecule has 116 valence electrons. The van der Waals surface area contributed by atoms with E-state index in [4.69, 9.17) is 10.2 Å². The zero-order valence-corrected chi connectivity index (χ0v) is 12.4. The molecule has 0 atom stereocenters. The highest BCUT2D eigenvalue weighted by molar-refractivity contribution is 6.02. The molecule has 5 aromatic heterocycles. The van der Waals surface area contributed by atoms with E-state index in [-0.39, 0.29) is 0 Å². The number of aromatic nitrogens is 5. The molecule has 0 spiro atoms. The number of hydrogen-bond donors (Lipinski definition) is 3. The standard InChI is InChI=1S/C17H12N6O/c18-17-16-11(12(6-21-17)9-4-22-23-5-9)3-15(24-16)13-7-20-14-8-19-2-1-10(13)14/h1-8,20H,(H2,18,21)(H,22,23). The van der Waals surface area contributed by atoms with Crippen molar-refractivity contribution in [3.63, 3.8) is 0 Å². The van der Waals surface area contributed by atoms with Crippen LogP contribution in [0.1, 0.15) is 0 Å². The molecule has 0 amide bonds. The second-order valence-electron chi connectivity index (χ2n) is 5.52. The second-order valence-corrected chi connectivity index (χ2v) is 5.52. The van der Waals surface area contributed by atoms with E-state index in [1.54, 1.807) is 24.8 Å². The molecule has 5 aromatic rings. The number of H-pyrrole nitrogens is 2. The van der Waals surface area contributed by atoms with Gasteiger partial charge in [-0.25, -0.2) is 4.98 Å². The van der Waals surface area contributed by atoms with Crippen LogP contribution in [0, 0.1) is 0 Å². The fraction of sp³-hybridized carbons (Fsp3) is 0. The van der Waals surface area contributed by atoms with E-state index in [1.807, 2.05) is 24.5 Å². The van der Waals surface area contributed by atoms with Crippen LogP contribution >= 0.6 is 0 Å². The van der Waals surface area contributed by atoms with Crippen molar-refractivity contribution in [1.82, 2.24) is 25.1 Å². The van der Waals surface area contributed by atoms with Gasteiger partial charge in [-0.15, -0.1) is 0 Å². The largest absolute Gasteiger partial charge is 0.452 e. The number of nitrogens with zero attached hydrogens (tertiary/aromatic N) is 3. The minimum absolute atomic E-state index is 0.366. The summed E-state index contributed by atoms with van der Waals surface area (Å²) in [5, 5.41) is 8.76. The summed E-state index contributed by atoms with van der Waals surface area (Å²) in [6.07, 6.45) is 10.8. The lowest BCUT2D eigenvalue weighted by Crippen LogP contribution is -1.90. The first-order valence-corrected chi connectivity index (χ1v) is 7.40. The quantitative estimate of drug-likeness (QED) is 0.462. The van der Waals surface area contributed by atoms with Gasteiger partial charge in [0.2, 0.25) is 0 Å². The number of nitrogen functional groups attached to an aromatic ring is 1. The SMILES string of the molecule is Nc1ncc(-c2cn[nH]c2)c2cc(-c3c[nH]c4cnccc34)oc12. The van der Waals surface area contributed by atoms with Crippen molar-refractivity contribution >= 4 is 27.7 Å². The molecule has 0 unspecified atom stereocenters. The first kappa shape index (κ1) is 12.9. The van der Waals surface area contributed by atoms with Crippen LogP contribution in [-0.2, 0) is 0 Å². The van der Waals surface area contributed by atoms with Gasteiger partial charge in [0.25, 0.3) is 0 Å². The van der Waals surface area contributed by atoms with Crippen LogP contribution in [-0.4, -0.2) is 25.1 Å². The van der Waals surface area contributed by atoms with E-state index < -0.39 is 0 Å². The molecule has 24 heavy (non-hydrogen) atoms. The van der Waals surface area contributed by atoms with Gasteiger partial charge in [-0.1, -0.05) is 0 Å². The number of hydrogen-bond acceptors (Lipinski definition) is 5. The number of rotatable bonds is 2. The smallest absolute Gasteiger partial charge is 0.177 e. The Bertz CT molecular complexity index is 1170. The third-order valence-electron chi connectivity index (χ3n) is 4.15. The Morgan fingerprint density at radius 2 is 2.00 bits per heavy atom. The van der Waals surface area contributed by atoms with Gasteiger partial charge in [0, 0.05) is 52.3 Å². The lowest BCUT2D eigenvalue weighted by atomic mass is 10.1. The fourth-order valence-corrected chi connectivity index (χ4v) is 2.98. The van der Waals surface area contributed by atoms with Crippen LogP contribution in [0.3, 0.4) is 0 Å². The molecular formula is C17H12N6O. The van der Waals surface area contributed by atoms with E-state index in [9.17, 15) is 0 Å². The Morgan fingerprint density at radius 3 is 2.88 bits per heavy atom. The highest BCUT2D eigenvalue weighted by Gasteiger charge is 2.17. The molecule has 0 aromatic carbocycles. The molecule has 0 bridgehead atoms. The summed E-state index contributed by atoms with van der Waals surface area (Å²) < 4.78 is 6.03. The zero-order chi connectivity index (χ0) is 16.1. The molecule has 7 heteroatoms. The summed E-state index contributed by atoms with van der Waals surface area (Å²) in [7, 11) is 0. The number of nitrogens with two attached hydrogens (primary N) is 1. The molecule has 5 rings (SSSR count). The molecule has 0 saturated heterocycles. The van der Waals surface area contributed by atoms with Crippen molar-refractivity contribution in [2.45, 2.75) is 0 Å². The fourth-order valence-electron chi connectivity index (χ4n) is 2.98. The minimum atomic E-state index is 0.366. The third kappa shape index (κ3) is 1.75. The molecule has 7 nitrogen and oxygen atoms in total. The van der Waals surface area contributed by atoms with Gasteiger partial charge in [0.05, 0.1) is 17.9 Å².